The SMILES string of the molecule is COc1cc(C=Nc2sc3c(c2C#N)CC[C@@H](C(C)(C)C)C3)ccc1OCc1c(C)cc(C)cc1C. The number of nitriles is 1. The number of fused-ring (bicyclic) bond motifs is 1. The molecule has 1 aliphatic carbocycles. The molecule has 0 radical (unpaired) electrons. The van der Waals surface area contributed by atoms with E-state index in [0.29, 0.717) is 24.0 Å². The Hall–Kier alpha value is -3.10. The van der Waals surface area contributed by atoms with E-state index in [1.165, 1.54) is 32.7 Å². The van der Waals surface area contributed by atoms with E-state index in [2.05, 4.69) is 59.7 Å². The van der Waals surface area contributed by atoms with Crippen molar-refractivity contribution in [2.24, 2.45) is 16.3 Å². The van der Waals surface area contributed by atoms with Crippen LogP contribution in [0.3, 0.4) is 0 Å². The fraction of sp³-hybridized carbons (Fsp3) is 0.419. The van der Waals surface area contributed by atoms with Gasteiger partial charge in [0.2, 0.25) is 0 Å². The highest BCUT2D eigenvalue weighted by atomic mass is 32.1. The number of benzene rings is 2. The summed E-state index contributed by atoms with van der Waals surface area (Å²) in [5, 5.41) is 10.7. The molecule has 0 saturated heterocycles. The Morgan fingerprint density at radius 2 is 1.83 bits per heavy atom. The van der Waals surface area contributed by atoms with Gasteiger partial charge in [-0.05, 0) is 97.4 Å². The molecule has 0 aliphatic heterocycles. The molecule has 0 amide bonds. The molecule has 0 spiro atoms. The lowest BCUT2D eigenvalue weighted by molar-refractivity contribution is 0.218. The summed E-state index contributed by atoms with van der Waals surface area (Å²) in [7, 11) is 1.65. The number of nitrogens with zero attached hydrogens (tertiary/aromatic N) is 2. The minimum atomic E-state index is 0.273. The van der Waals surface area contributed by atoms with Gasteiger partial charge in [-0.1, -0.05) is 38.5 Å². The van der Waals surface area contributed by atoms with Crippen molar-refractivity contribution in [3.8, 4) is 17.6 Å². The van der Waals surface area contributed by atoms with Gasteiger partial charge in [0.1, 0.15) is 17.7 Å². The van der Waals surface area contributed by atoms with Crippen LogP contribution in [0, 0.1) is 43.4 Å². The highest BCUT2D eigenvalue weighted by Crippen LogP contribution is 2.45. The van der Waals surface area contributed by atoms with Crippen molar-refractivity contribution in [2.45, 2.75) is 67.4 Å². The van der Waals surface area contributed by atoms with Crippen molar-refractivity contribution >= 4 is 22.6 Å². The Kier molecular flexibility index (Phi) is 7.57. The van der Waals surface area contributed by atoms with Gasteiger partial charge in [0.15, 0.2) is 11.5 Å². The molecule has 188 valence electrons. The first kappa shape index (κ1) is 26.0. The summed E-state index contributed by atoms with van der Waals surface area (Å²) in [5.74, 6) is 2.00. The molecule has 0 bridgehead atoms. The maximum atomic E-state index is 9.86. The van der Waals surface area contributed by atoms with Gasteiger partial charge < -0.3 is 9.47 Å². The molecular formula is C31H36N2O2S. The fourth-order valence-electron chi connectivity index (χ4n) is 5.12. The van der Waals surface area contributed by atoms with Crippen molar-refractivity contribution in [2.75, 3.05) is 7.11 Å². The molecule has 0 N–H and O–H groups in total. The normalized spacial score (nSPS) is 15.6. The second-order valence-corrected chi connectivity index (χ2v) is 12.0. The number of ether oxygens (including phenoxy) is 2. The predicted molar refractivity (Wildman–Crippen MR) is 149 cm³/mol. The Labute approximate surface area is 219 Å². The Morgan fingerprint density at radius 1 is 1.11 bits per heavy atom. The molecule has 4 nitrogen and oxygen atoms in total. The van der Waals surface area contributed by atoms with Gasteiger partial charge in [0.05, 0.1) is 12.7 Å². The molecule has 1 heterocycles. The van der Waals surface area contributed by atoms with Gasteiger partial charge in [-0.3, -0.25) is 0 Å². The maximum Gasteiger partial charge on any atom is 0.161 e. The van der Waals surface area contributed by atoms with Crippen LogP contribution in [-0.4, -0.2) is 13.3 Å². The summed E-state index contributed by atoms with van der Waals surface area (Å²) in [6, 6.07) is 12.6. The summed E-state index contributed by atoms with van der Waals surface area (Å²) in [4.78, 5) is 6.07. The number of aryl methyl sites for hydroxylation is 3. The minimum absolute atomic E-state index is 0.273. The van der Waals surface area contributed by atoms with E-state index in [-0.39, 0.29) is 5.41 Å². The Morgan fingerprint density at radius 3 is 2.47 bits per heavy atom. The van der Waals surface area contributed by atoms with E-state index >= 15 is 0 Å². The molecule has 3 aromatic rings. The monoisotopic (exact) mass is 500 g/mol. The zero-order valence-corrected chi connectivity index (χ0v) is 23.3. The lowest BCUT2D eigenvalue weighted by Crippen LogP contribution is -2.26. The quantitative estimate of drug-likeness (QED) is 0.322. The van der Waals surface area contributed by atoms with Gasteiger partial charge in [0.25, 0.3) is 0 Å². The number of hydrogen-bond donors (Lipinski definition) is 0. The first-order valence-corrected chi connectivity index (χ1v) is 13.4. The second kappa shape index (κ2) is 10.5. The maximum absolute atomic E-state index is 9.86. The van der Waals surface area contributed by atoms with Crippen LogP contribution in [0.25, 0.3) is 0 Å². The van der Waals surface area contributed by atoms with Crippen LogP contribution >= 0.6 is 11.3 Å². The smallest absolute Gasteiger partial charge is 0.161 e. The molecule has 0 unspecified atom stereocenters. The van der Waals surface area contributed by atoms with E-state index in [1.54, 1.807) is 18.4 Å². The van der Waals surface area contributed by atoms with Crippen molar-refractivity contribution in [1.29, 1.82) is 5.26 Å². The summed E-state index contributed by atoms with van der Waals surface area (Å²) in [6.45, 7) is 13.8. The Bertz CT molecular complexity index is 1310. The molecular weight excluding hydrogens is 464 g/mol. The van der Waals surface area contributed by atoms with Crippen LogP contribution in [0.15, 0.2) is 35.3 Å². The molecule has 2 aromatic carbocycles. The third-order valence-electron chi connectivity index (χ3n) is 7.31. The Balaban J connectivity index is 1.53. The summed E-state index contributed by atoms with van der Waals surface area (Å²) < 4.78 is 11.8. The molecule has 1 aromatic heterocycles. The number of hydrogen-bond acceptors (Lipinski definition) is 5. The zero-order valence-electron chi connectivity index (χ0n) is 22.5. The van der Waals surface area contributed by atoms with Crippen molar-refractivity contribution in [3.05, 3.63) is 74.2 Å². The zero-order chi connectivity index (χ0) is 26.0. The van der Waals surface area contributed by atoms with E-state index in [0.717, 1.165) is 35.4 Å². The number of thiophene rings is 1. The number of methoxy groups -OCH3 is 1. The number of rotatable bonds is 6. The molecule has 0 fully saturated rings. The topological polar surface area (TPSA) is 54.6 Å². The van der Waals surface area contributed by atoms with Crippen LogP contribution in [0.4, 0.5) is 5.00 Å². The number of aliphatic imine (C=N–C) groups is 1. The molecule has 4 rings (SSSR count). The van der Waals surface area contributed by atoms with Gasteiger partial charge in [0, 0.05) is 11.1 Å². The van der Waals surface area contributed by atoms with Crippen LogP contribution < -0.4 is 9.47 Å². The van der Waals surface area contributed by atoms with Crippen molar-refractivity contribution in [3.63, 3.8) is 0 Å². The van der Waals surface area contributed by atoms with E-state index in [1.807, 2.05) is 24.4 Å². The molecule has 36 heavy (non-hydrogen) atoms. The summed E-state index contributed by atoms with van der Waals surface area (Å²) in [5.41, 5.74) is 8.06. The van der Waals surface area contributed by atoms with E-state index in [9.17, 15) is 5.26 Å². The lowest BCUT2D eigenvalue weighted by Gasteiger charge is -2.33. The summed E-state index contributed by atoms with van der Waals surface area (Å²) in [6.07, 6.45) is 4.95. The van der Waals surface area contributed by atoms with Crippen LogP contribution in [-0.2, 0) is 19.4 Å². The van der Waals surface area contributed by atoms with E-state index in [4.69, 9.17) is 14.5 Å². The van der Waals surface area contributed by atoms with Crippen molar-refractivity contribution in [1.82, 2.24) is 0 Å². The summed E-state index contributed by atoms with van der Waals surface area (Å²) >= 11 is 1.67. The third-order valence-corrected chi connectivity index (χ3v) is 8.48. The van der Waals surface area contributed by atoms with Crippen LogP contribution in [0.1, 0.15) is 71.0 Å². The first-order valence-electron chi connectivity index (χ1n) is 12.6. The minimum Gasteiger partial charge on any atom is -0.493 e. The molecule has 1 aliphatic rings. The van der Waals surface area contributed by atoms with Crippen molar-refractivity contribution < 1.29 is 9.47 Å². The van der Waals surface area contributed by atoms with Gasteiger partial charge >= 0.3 is 0 Å². The van der Waals surface area contributed by atoms with Gasteiger partial charge in [-0.2, -0.15) is 5.26 Å². The largest absolute Gasteiger partial charge is 0.493 e. The highest BCUT2D eigenvalue weighted by molar-refractivity contribution is 7.16. The van der Waals surface area contributed by atoms with Crippen LogP contribution in [0.2, 0.25) is 0 Å². The average Bonchev–Trinajstić information content (AvgIpc) is 3.18. The average molecular weight is 501 g/mol. The standard InChI is InChI=1S/C31H36N2O2S/c1-19-12-20(2)26(21(3)13-19)18-35-27-11-8-22(14-28(27)34-7)17-33-30-25(16-32)24-10-9-23(31(4,5)6)15-29(24)36-30/h8,11-14,17,23H,9-10,15,18H2,1-7H3/t23-/m1/s1. The van der Waals surface area contributed by atoms with Crippen LogP contribution in [0.5, 0.6) is 11.5 Å². The lowest BCUT2D eigenvalue weighted by atomic mass is 9.72. The predicted octanol–water partition coefficient (Wildman–Crippen LogP) is 8.03. The molecule has 5 heteroatoms. The van der Waals surface area contributed by atoms with Gasteiger partial charge in [-0.15, -0.1) is 11.3 Å². The molecule has 1 atom stereocenters. The van der Waals surface area contributed by atoms with Gasteiger partial charge in [-0.25, -0.2) is 4.99 Å². The fourth-order valence-corrected chi connectivity index (χ4v) is 6.34. The molecule has 0 saturated carbocycles. The van der Waals surface area contributed by atoms with E-state index < -0.39 is 0 Å². The highest BCUT2D eigenvalue weighted by Gasteiger charge is 2.32. The second-order valence-electron chi connectivity index (χ2n) is 10.9. The third kappa shape index (κ3) is 5.50. The first-order chi connectivity index (χ1) is 17.1.